The van der Waals surface area contributed by atoms with Crippen molar-refractivity contribution in [1.29, 1.82) is 0 Å². The first-order valence-electron chi connectivity index (χ1n) is 11.1. The summed E-state index contributed by atoms with van der Waals surface area (Å²) in [5, 5.41) is 2.32. The van der Waals surface area contributed by atoms with E-state index in [1.807, 2.05) is 31.2 Å². The van der Waals surface area contributed by atoms with Gasteiger partial charge in [-0.3, -0.25) is 14.5 Å². The Morgan fingerprint density at radius 2 is 1.73 bits per heavy atom. The van der Waals surface area contributed by atoms with Crippen molar-refractivity contribution in [3.8, 4) is 0 Å². The van der Waals surface area contributed by atoms with Crippen LogP contribution in [0.15, 0.2) is 63.9 Å². The second-order valence-electron chi connectivity index (χ2n) is 8.34. The third-order valence-corrected chi connectivity index (χ3v) is 8.48. The monoisotopic (exact) mass is 485 g/mol. The number of anilines is 1. The third-order valence-electron chi connectivity index (χ3n) is 5.94. The summed E-state index contributed by atoms with van der Waals surface area (Å²) in [6.07, 6.45) is 4.62. The fourth-order valence-electron chi connectivity index (χ4n) is 4.18. The Kier molecular flexibility index (Phi) is 7.19. The van der Waals surface area contributed by atoms with E-state index >= 15 is 0 Å². The van der Waals surface area contributed by atoms with Gasteiger partial charge in [0.1, 0.15) is 5.25 Å². The van der Waals surface area contributed by atoms with Gasteiger partial charge < -0.3 is 5.32 Å². The number of amidine groups is 1. The molecule has 1 N–H and O–H groups in total. The Labute approximate surface area is 198 Å². The van der Waals surface area contributed by atoms with E-state index in [4.69, 9.17) is 0 Å². The van der Waals surface area contributed by atoms with Crippen LogP contribution in [0.5, 0.6) is 0 Å². The van der Waals surface area contributed by atoms with E-state index in [2.05, 4.69) is 9.71 Å². The molecule has 2 aliphatic rings. The number of nitrogens with zero attached hydrogens (tertiary/aromatic N) is 2. The quantitative estimate of drug-likeness (QED) is 0.656. The number of amides is 2. The summed E-state index contributed by atoms with van der Waals surface area (Å²) in [4.78, 5) is 27.7. The Balaban J connectivity index is 1.58. The Bertz CT molecular complexity index is 1160. The largest absolute Gasteiger partial charge is 0.326 e. The molecule has 4 rings (SSSR count). The number of carbonyl (C=O) groups is 2. The van der Waals surface area contributed by atoms with Crippen LogP contribution in [-0.2, 0) is 19.6 Å². The van der Waals surface area contributed by atoms with E-state index in [-0.39, 0.29) is 34.3 Å². The molecule has 33 heavy (non-hydrogen) atoms. The predicted molar refractivity (Wildman–Crippen MR) is 131 cm³/mol. The minimum absolute atomic E-state index is 0.0501. The molecular formula is C24H27N3O4S2. The van der Waals surface area contributed by atoms with Crippen LogP contribution in [0, 0.1) is 6.92 Å². The Hall–Kier alpha value is -2.65. The summed E-state index contributed by atoms with van der Waals surface area (Å²) in [6, 6.07) is 15.3. The molecule has 1 atom stereocenters. The Morgan fingerprint density at radius 1 is 1.06 bits per heavy atom. The highest BCUT2D eigenvalue weighted by Crippen LogP contribution is 2.36. The predicted octanol–water partition coefficient (Wildman–Crippen LogP) is 4.35. The molecule has 0 aromatic heterocycles. The minimum atomic E-state index is -3.97. The van der Waals surface area contributed by atoms with Crippen LogP contribution in [0.4, 0.5) is 5.69 Å². The number of carbonyl (C=O) groups excluding carboxylic acids is 2. The van der Waals surface area contributed by atoms with Gasteiger partial charge in [-0.05, 0) is 43.5 Å². The fraction of sp³-hybridized carbons (Fsp3) is 0.375. The lowest BCUT2D eigenvalue weighted by Gasteiger charge is -2.30. The van der Waals surface area contributed by atoms with Crippen molar-refractivity contribution in [2.75, 3.05) is 5.32 Å². The zero-order valence-corrected chi connectivity index (χ0v) is 20.1. The summed E-state index contributed by atoms with van der Waals surface area (Å²) in [5.74, 6) is -0.528. The lowest BCUT2D eigenvalue weighted by atomic mass is 9.94. The van der Waals surface area contributed by atoms with Gasteiger partial charge in [0.2, 0.25) is 11.8 Å². The molecule has 174 valence electrons. The number of rotatable bonds is 6. The smallest absolute Gasteiger partial charge is 0.284 e. The average molecular weight is 486 g/mol. The highest BCUT2D eigenvalue weighted by Gasteiger charge is 2.43. The van der Waals surface area contributed by atoms with Gasteiger partial charge in [-0.1, -0.05) is 67.4 Å². The van der Waals surface area contributed by atoms with E-state index < -0.39 is 15.3 Å². The van der Waals surface area contributed by atoms with E-state index in [0.29, 0.717) is 5.69 Å². The topological polar surface area (TPSA) is 95.9 Å². The van der Waals surface area contributed by atoms with Gasteiger partial charge >= 0.3 is 0 Å². The molecule has 0 spiro atoms. The number of aryl methyl sites for hydroxylation is 1. The molecule has 1 aliphatic heterocycles. The second kappa shape index (κ2) is 10.1. The van der Waals surface area contributed by atoms with Gasteiger partial charge in [-0.2, -0.15) is 8.42 Å². The number of para-hydroxylation sites is 1. The van der Waals surface area contributed by atoms with Crippen molar-refractivity contribution in [3.63, 3.8) is 0 Å². The van der Waals surface area contributed by atoms with Crippen molar-refractivity contribution >= 4 is 44.5 Å². The SMILES string of the molecule is Cc1ccccc1NC(=O)C[C@H]1SC(=NS(=O)(=O)c2ccccc2)N(C2CCCCC2)C1=O. The number of nitrogens with one attached hydrogen (secondary N) is 1. The molecule has 0 unspecified atom stereocenters. The summed E-state index contributed by atoms with van der Waals surface area (Å²) < 4.78 is 29.9. The van der Waals surface area contributed by atoms with Gasteiger partial charge in [-0.25, -0.2) is 0 Å². The van der Waals surface area contributed by atoms with Crippen LogP contribution < -0.4 is 5.32 Å². The zero-order chi connectivity index (χ0) is 23.4. The average Bonchev–Trinajstić information content (AvgIpc) is 3.10. The molecule has 7 nitrogen and oxygen atoms in total. The molecule has 2 amide bonds. The van der Waals surface area contributed by atoms with Crippen molar-refractivity contribution in [2.24, 2.45) is 4.40 Å². The first-order valence-corrected chi connectivity index (χ1v) is 13.4. The van der Waals surface area contributed by atoms with E-state index in [1.165, 1.54) is 17.0 Å². The molecule has 2 fully saturated rings. The van der Waals surface area contributed by atoms with Gasteiger partial charge in [-0.15, -0.1) is 4.40 Å². The molecular weight excluding hydrogens is 458 g/mol. The molecule has 1 heterocycles. The fourth-order valence-corrected chi connectivity index (χ4v) is 6.61. The maximum Gasteiger partial charge on any atom is 0.284 e. The normalized spacial score (nSPS) is 20.9. The van der Waals surface area contributed by atoms with Crippen molar-refractivity contribution in [1.82, 2.24) is 4.90 Å². The first-order chi connectivity index (χ1) is 15.8. The maximum atomic E-state index is 13.3. The molecule has 2 aromatic carbocycles. The van der Waals surface area contributed by atoms with Crippen LogP contribution >= 0.6 is 11.8 Å². The first kappa shape index (κ1) is 23.5. The van der Waals surface area contributed by atoms with E-state index in [0.717, 1.165) is 49.4 Å². The summed E-state index contributed by atoms with van der Waals surface area (Å²) in [7, 11) is -3.97. The zero-order valence-electron chi connectivity index (χ0n) is 18.4. The number of sulfonamides is 1. The molecule has 0 radical (unpaired) electrons. The summed E-state index contributed by atoms with van der Waals surface area (Å²) in [5.41, 5.74) is 1.62. The third kappa shape index (κ3) is 5.47. The van der Waals surface area contributed by atoms with Crippen LogP contribution in [0.1, 0.15) is 44.1 Å². The van der Waals surface area contributed by atoms with E-state index in [9.17, 15) is 18.0 Å². The summed E-state index contributed by atoms with van der Waals surface area (Å²) >= 11 is 1.07. The van der Waals surface area contributed by atoms with Gasteiger partial charge in [0, 0.05) is 18.2 Å². The number of benzene rings is 2. The minimum Gasteiger partial charge on any atom is -0.326 e. The van der Waals surface area contributed by atoms with Crippen LogP contribution in [0.25, 0.3) is 0 Å². The van der Waals surface area contributed by atoms with Crippen molar-refractivity contribution < 1.29 is 18.0 Å². The number of hydrogen-bond donors (Lipinski definition) is 1. The van der Waals surface area contributed by atoms with Crippen molar-refractivity contribution in [2.45, 2.75) is 61.6 Å². The second-order valence-corrected chi connectivity index (χ2v) is 11.1. The molecule has 0 bridgehead atoms. The Morgan fingerprint density at radius 3 is 2.42 bits per heavy atom. The highest BCUT2D eigenvalue weighted by molar-refractivity contribution is 8.16. The van der Waals surface area contributed by atoms with Gasteiger partial charge in [0.15, 0.2) is 5.17 Å². The van der Waals surface area contributed by atoms with Crippen LogP contribution in [0.3, 0.4) is 0 Å². The molecule has 2 aromatic rings. The van der Waals surface area contributed by atoms with Gasteiger partial charge in [0.05, 0.1) is 4.90 Å². The van der Waals surface area contributed by atoms with Gasteiger partial charge in [0.25, 0.3) is 10.0 Å². The molecule has 9 heteroatoms. The van der Waals surface area contributed by atoms with Crippen molar-refractivity contribution in [3.05, 3.63) is 60.2 Å². The number of thioether (sulfide) groups is 1. The lowest BCUT2D eigenvalue weighted by molar-refractivity contribution is -0.130. The van der Waals surface area contributed by atoms with Crippen LogP contribution in [0.2, 0.25) is 0 Å². The standard InChI is InChI=1S/C24H27N3O4S2/c1-17-10-8-9-15-20(17)25-22(28)16-21-23(29)27(18-11-4-2-5-12-18)24(32-21)26-33(30,31)19-13-6-3-7-14-19/h3,6-10,13-15,18,21H,2,4-5,11-12,16H2,1H3,(H,25,28)/t21-/m1/s1. The van der Waals surface area contributed by atoms with Crippen LogP contribution in [-0.4, -0.2) is 41.6 Å². The summed E-state index contributed by atoms with van der Waals surface area (Å²) in [6.45, 7) is 1.90. The molecule has 1 saturated carbocycles. The number of hydrogen-bond acceptors (Lipinski definition) is 5. The molecule has 1 saturated heterocycles. The van der Waals surface area contributed by atoms with E-state index in [1.54, 1.807) is 18.2 Å². The maximum absolute atomic E-state index is 13.3. The highest BCUT2D eigenvalue weighted by atomic mass is 32.2. The lowest BCUT2D eigenvalue weighted by Crippen LogP contribution is -2.42. The molecule has 1 aliphatic carbocycles.